The number of benzene rings is 1. The van der Waals surface area contributed by atoms with E-state index in [0.717, 1.165) is 60.7 Å². The van der Waals surface area contributed by atoms with Crippen molar-refractivity contribution >= 4 is 0 Å². The summed E-state index contributed by atoms with van der Waals surface area (Å²) in [6, 6.07) is 6.01. The van der Waals surface area contributed by atoms with Gasteiger partial charge in [-0.05, 0) is 50.0 Å². The Morgan fingerprint density at radius 2 is 1.88 bits per heavy atom. The van der Waals surface area contributed by atoms with Gasteiger partial charge in [-0.15, -0.1) is 0 Å². The van der Waals surface area contributed by atoms with Crippen LogP contribution in [0.5, 0.6) is 5.75 Å². The Morgan fingerprint density at radius 1 is 1.09 bits per heavy atom. The Balaban J connectivity index is 1.28. The zero-order valence-electron chi connectivity index (χ0n) is 17.8. The van der Waals surface area contributed by atoms with Gasteiger partial charge >= 0.3 is 0 Å². The molecule has 0 amide bonds. The molecule has 1 atom stereocenters. The third-order valence-electron chi connectivity index (χ3n) is 6.44. The molecule has 0 spiro atoms. The maximum Gasteiger partial charge on any atom is 0.251 e. The first kappa shape index (κ1) is 20.9. The van der Waals surface area contributed by atoms with Crippen molar-refractivity contribution < 1.29 is 13.5 Å². The predicted octanol–water partition coefficient (Wildman–Crippen LogP) is 4.07. The molecule has 0 radical (unpaired) electrons. The van der Waals surface area contributed by atoms with Crippen LogP contribution in [-0.2, 0) is 6.54 Å². The molecule has 1 saturated carbocycles. The highest BCUT2D eigenvalue weighted by atomic mass is 19.3. The number of halogens is 2. The molecular formula is C23H26F2N6O. The number of nitrogens with one attached hydrogen (secondary N) is 1. The first-order valence-electron chi connectivity index (χ1n) is 11.0. The largest absolute Gasteiger partial charge is 0.493 e. The van der Waals surface area contributed by atoms with Crippen LogP contribution in [0.4, 0.5) is 8.78 Å². The lowest BCUT2D eigenvalue weighted by molar-refractivity contribution is 0.0929. The van der Waals surface area contributed by atoms with E-state index >= 15 is 0 Å². The van der Waals surface area contributed by atoms with Crippen molar-refractivity contribution in [1.29, 1.82) is 0 Å². The van der Waals surface area contributed by atoms with Gasteiger partial charge in [0.2, 0.25) is 0 Å². The fraction of sp³-hybridized carbons (Fsp3) is 0.478. The van der Waals surface area contributed by atoms with E-state index in [-0.39, 0.29) is 6.42 Å². The summed E-state index contributed by atoms with van der Waals surface area (Å²) in [4.78, 5) is 14.9. The molecule has 1 N–H and O–H groups in total. The fourth-order valence-corrected chi connectivity index (χ4v) is 4.38. The third-order valence-corrected chi connectivity index (χ3v) is 6.44. The molecule has 3 heterocycles. The lowest BCUT2D eigenvalue weighted by Crippen LogP contribution is -2.33. The maximum atomic E-state index is 13.2. The lowest BCUT2D eigenvalue weighted by atomic mass is 9.95. The quantitative estimate of drug-likeness (QED) is 0.569. The number of hydrogen-bond donors (Lipinski definition) is 1. The summed E-state index contributed by atoms with van der Waals surface area (Å²) in [6.07, 6.45) is 9.01. The normalized spacial score (nSPS) is 20.9. The smallest absolute Gasteiger partial charge is 0.251 e. The number of piperidine rings is 1. The molecule has 2 aliphatic rings. The van der Waals surface area contributed by atoms with Crippen molar-refractivity contribution in [1.82, 2.24) is 30.0 Å². The van der Waals surface area contributed by atoms with Gasteiger partial charge in [0.15, 0.2) is 0 Å². The van der Waals surface area contributed by atoms with Gasteiger partial charge in [-0.3, -0.25) is 10.00 Å². The van der Waals surface area contributed by atoms with Crippen molar-refractivity contribution in [2.45, 2.75) is 44.1 Å². The van der Waals surface area contributed by atoms with E-state index in [1.165, 1.54) is 6.33 Å². The van der Waals surface area contributed by atoms with Gasteiger partial charge in [-0.1, -0.05) is 6.07 Å². The van der Waals surface area contributed by atoms with E-state index < -0.39 is 11.8 Å². The molecule has 1 aliphatic carbocycles. The number of hydrogen-bond acceptors (Lipinski definition) is 6. The Bertz CT molecular complexity index is 1020. The Kier molecular flexibility index (Phi) is 5.82. The van der Waals surface area contributed by atoms with Gasteiger partial charge in [0, 0.05) is 48.3 Å². The van der Waals surface area contributed by atoms with Crippen molar-refractivity contribution in [2.75, 3.05) is 19.7 Å². The molecule has 32 heavy (non-hydrogen) atoms. The number of aromatic nitrogens is 5. The molecule has 2 aromatic heterocycles. The second kappa shape index (κ2) is 8.90. The van der Waals surface area contributed by atoms with E-state index in [2.05, 4.69) is 36.1 Å². The van der Waals surface area contributed by atoms with Crippen LogP contribution in [0.2, 0.25) is 0 Å². The summed E-state index contributed by atoms with van der Waals surface area (Å²) < 4.78 is 32.4. The monoisotopic (exact) mass is 440 g/mol. The Hall–Kier alpha value is -2.94. The number of likely N-dealkylation sites (tertiary alicyclic amines) is 1. The van der Waals surface area contributed by atoms with Crippen LogP contribution in [0.3, 0.4) is 0 Å². The SMILES string of the molecule is FC1(F)CC1CCOc1ccc(-c2cncnc2)cc1CN1CCC(c2ncn[nH]2)CC1. The van der Waals surface area contributed by atoms with Gasteiger partial charge in [-0.2, -0.15) is 5.10 Å². The Labute approximate surface area is 185 Å². The highest BCUT2D eigenvalue weighted by Gasteiger charge is 2.56. The minimum Gasteiger partial charge on any atom is -0.493 e. The van der Waals surface area contributed by atoms with Crippen molar-refractivity contribution in [3.63, 3.8) is 0 Å². The van der Waals surface area contributed by atoms with E-state index in [4.69, 9.17) is 4.74 Å². The van der Waals surface area contributed by atoms with Crippen LogP contribution in [0, 0.1) is 5.92 Å². The molecule has 0 bridgehead atoms. The van der Waals surface area contributed by atoms with Gasteiger partial charge in [0.1, 0.15) is 24.2 Å². The summed E-state index contributed by atoms with van der Waals surface area (Å²) in [5.74, 6) is -0.931. The average molecular weight is 440 g/mol. The first-order valence-corrected chi connectivity index (χ1v) is 11.0. The van der Waals surface area contributed by atoms with Crippen LogP contribution in [0.25, 0.3) is 11.1 Å². The Morgan fingerprint density at radius 3 is 2.56 bits per heavy atom. The second-order valence-electron chi connectivity index (χ2n) is 8.67. The van der Waals surface area contributed by atoms with Gasteiger partial charge in [-0.25, -0.2) is 23.7 Å². The molecule has 9 heteroatoms. The molecule has 3 aromatic rings. The van der Waals surface area contributed by atoms with Gasteiger partial charge in [0.25, 0.3) is 5.92 Å². The third kappa shape index (κ3) is 4.77. The molecule has 7 nitrogen and oxygen atoms in total. The zero-order valence-corrected chi connectivity index (χ0v) is 17.8. The number of alkyl halides is 2. The van der Waals surface area contributed by atoms with Crippen molar-refractivity contribution in [3.8, 4) is 16.9 Å². The fourth-order valence-electron chi connectivity index (χ4n) is 4.38. The molecule has 168 valence electrons. The number of H-pyrrole nitrogens is 1. The number of rotatable bonds is 8. The number of aromatic amines is 1. The van der Waals surface area contributed by atoms with E-state index in [9.17, 15) is 8.78 Å². The maximum absolute atomic E-state index is 13.2. The minimum absolute atomic E-state index is 0.0176. The second-order valence-corrected chi connectivity index (χ2v) is 8.67. The summed E-state index contributed by atoms with van der Waals surface area (Å²) in [5.41, 5.74) is 2.99. The van der Waals surface area contributed by atoms with E-state index in [1.54, 1.807) is 18.7 Å². The molecule has 1 saturated heterocycles. The lowest BCUT2D eigenvalue weighted by Gasteiger charge is -2.31. The first-order chi connectivity index (χ1) is 15.6. The van der Waals surface area contributed by atoms with Crippen molar-refractivity contribution in [3.05, 3.63) is 54.6 Å². The standard InChI is InChI=1S/C23H26F2N6O/c24-23(25)10-20(23)5-8-32-21-2-1-17(19-11-26-14-27-12-19)9-18(21)13-31-6-3-16(4-7-31)22-28-15-29-30-22/h1-2,9,11-12,14-16,20H,3-8,10,13H2,(H,28,29,30). The summed E-state index contributed by atoms with van der Waals surface area (Å²) >= 11 is 0. The van der Waals surface area contributed by atoms with Gasteiger partial charge < -0.3 is 4.74 Å². The van der Waals surface area contributed by atoms with E-state index in [1.807, 2.05) is 12.1 Å². The van der Waals surface area contributed by atoms with E-state index in [0.29, 0.717) is 18.9 Å². The van der Waals surface area contributed by atoms with Crippen LogP contribution in [0.15, 0.2) is 43.2 Å². The van der Waals surface area contributed by atoms with Crippen LogP contribution in [-0.4, -0.2) is 55.7 Å². The molecule has 1 aliphatic heterocycles. The number of nitrogens with zero attached hydrogens (tertiary/aromatic N) is 5. The summed E-state index contributed by atoms with van der Waals surface area (Å²) in [7, 11) is 0. The predicted molar refractivity (Wildman–Crippen MR) is 114 cm³/mol. The zero-order chi connectivity index (χ0) is 22.0. The topological polar surface area (TPSA) is 79.8 Å². The molecule has 5 rings (SSSR count). The highest BCUT2D eigenvalue weighted by molar-refractivity contribution is 5.64. The van der Waals surface area contributed by atoms with Crippen LogP contribution < -0.4 is 4.74 Å². The van der Waals surface area contributed by atoms with Gasteiger partial charge in [0.05, 0.1) is 6.61 Å². The molecule has 1 unspecified atom stereocenters. The molecule has 1 aromatic carbocycles. The summed E-state index contributed by atoms with van der Waals surface area (Å²) in [5, 5.41) is 6.95. The number of ether oxygens (including phenoxy) is 1. The van der Waals surface area contributed by atoms with Crippen molar-refractivity contribution in [2.24, 2.45) is 5.92 Å². The molecule has 2 fully saturated rings. The minimum atomic E-state index is -2.50. The highest BCUT2D eigenvalue weighted by Crippen LogP contribution is 2.50. The van der Waals surface area contributed by atoms with Crippen LogP contribution >= 0.6 is 0 Å². The average Bonchev–Trinajstić information content (AvgIpc) is 3.17. The van der Waals surface area contributed by atoms with Crippen LogP contribution in [0.1, 0.15) is 43.0 Å². The molecular weight excluding hydrogens is 414 g/mol. The summed E-state index contributed by atoms with van der Waals surface area (Å²) in [6.45, 7) is 2.92.